The summed E-state index contributed by atoms with van der Waals surface area (Å²) in [7, 11) is -3.33. The Morgan fingerprint density at radius 3 is 1.98 bits per heavy atom. The third-order valence-corrected chi connectivity index (χ3v) is 19.4. The maximum absolute atomic E-state index is 2.69. The molecule has 0 radical (unpaired) electrons. The first kappa shape index (κ1) is 31.5. The summed E-state index contributed by atoms with van der Waals surface area (Å²) in [4.78, 5) is 0. The molecule has 0 N–H and O–H groups in total. The van der Waals surface area contributed by atoms with Crippen LogP contribution in [0, 0.1) is 0 Å². The molecule has 0 aromatic heterocycles. The van der Waals surface area contributed by atoms with Crippen LogP contribution in [0.15, 0.2) is 120 Å². The molecule has 3 aliphatic carbocycles. The second-order valence-corrected chi connectivity index (χ2v) is 28.2. The molecule has 3 heteroatoms. The van der Waals surface area contributed by atoms with E-state index in [1.165, 1.54) is 22.3 Å². The Labute approximate surface area is 278 Å². The van der Waals surface area contributed by atoms with E-state index in [1.807, 2.05) is 0 Å². The van der Waals surface area contributed by atoms with Crippen molar-refractivity contribution >= 4 is 33.4 Å². The van der Waals surface area contributed by atoms with E-state index in [9.17, 15) is 0 Å². The van der Waals surface area contributed by atoms with Gasteiger partial charge in [0.2, 0.25) is 0 Å². The molecule has 0 bridgehead atoms. The molecule has 0 saturated carbocycles. The molecule has 1 atom stereocenters. The molecule has 223 valence electrons. The third-order valence-electron chi connectivity index (χ3n) is 10.1. The predicted octanol–water partition coefficient (Wildman–Crippen LogP) is 8.66. The van der Waals surface area contributed by atoms with E-state index in [4.69, 9.17) is 0 Å². The molecule has 1 unspecified atom stereocenters. The zero-order valence-electron chi connectivity index (χ0n) is 27.9. The van der Waals surface area contributed by atoms with Crippen molar-refractivity contribution < 1.29 is 22.8 Å². The summed E-state index contributed by atoms with van der Waals surface area (Å²) in [5, 5.41) is 4.91. The number of benzene rings is 3. The number of rotatable bonds is 8. The number of allylic oxidation sites excluding steroid dienone is 8. The van der Waals surface area contributed by atoms with Crippen molar-refractivity contribution in [2.24, 2.45) is 0 Å². The number of fused-ring (bicyclic) bond motifs is 2. The summed E-state index contributed by atoms with van der Waals surface area (Å²) in [5.41, 5.74) is 10.7. The third kappa shape index (κ3) is 5.38. The molecular formula is C41H47Si2Zr. The Kier molecular flexibility index (Phi) is 8.63. The van der Waals surface area contributed by atoms with Crippen molar-refractivity contribution in [3.8, 4) is 0 Å². The Hall–Kier alpha value is -2.45. The summed E-state index contributed by atoms with van der Waals surface area (Å²) in [6.07, 6.45) is 15.7. The van der Waals surface area contributed by atoms with Gasteiger partial charge in [0.25, 0.3) is 0 Å². The Morgan fingerprint density at radius 2 is 1.48 bits per heavy atom. The molecule has 3 aromatic carbocycles. The Balaban J connectivity index is 1.85. The summed E-state index contributed by atoms with van der Waals surface area (Å²) in [6.45, 7) is 20.2. The van der Waals surface area contributed by atoms with E-state index in [0.29, 0.717) is 0 Å². The molecule has 44 heavy (non-hydrogen) atoms. The van der Waals surface area contributed by atoms with Crippen LogP contribution in [0.2, 0.25) is 44.3 Å². The predicted molar refractivity (Wildman–Crippen MR) is 195 cm³/mol. The summed E-state index contributed by atoms with van der Waals surface area (Å²) in [6, 6.07) is 27.8. The molecule has 0 heterocycles. The van der Waals surface area contributed by atoms with Crippen LogP contribution in [0.5, 0.6) is 0 Å². The Morgan fingerprint density at radius 1 is 0.841 bits per heavy atom. The zero-order chi connectivity index (χ0) is 31.3. The van der Waals surface area contributed by atoms with Gasteiger partial charge < -0.3 is 0 Å². The van der Waals surface area contributed by atoms with E-state index in [-0.39, 0.29) is 5.04 Å². The average Bonchev–Trinajstić information content (AvgIpc) is 3.65. The fourth-order valence-corrected chi connectivity index (χ4v) is 15.9. The summed E-state index contributed by atoms with van der Waals surface area (Å²) in [5.74, 6) is 0. The minimum atomic E-state index is -1.69. The van der Waals surface area contributed by atoms with Gasteiger partial charge in [0.1, 0.15) is 0 Å². The van der Waals surface area contributed by atoms with E-state index < -0.39 is 38.9 Å². The molecule has 6 rings (SSSR count). The van der Waals surface area contributed by atoms with Crippen molar-refractivity contribution in [1.29, 1.82) is 0 Å². The van der Waals surface area contributed by atoms with Gasteiger partial charge in [-0.1, -0.05) is 0 Å². The summed E-state index contributed by atoms with van der Waals surface area (Å²) < 4.78 is 3.29. The first-order chi connectivity index (χ1) is 21.0. The van der Waals surface area contributed by atoms with Gasteiger partial charge in [-0.15, -0.1) is 0 Å². The van der Waals surface area contributed by atoms with E-state index in [1.54, 1.807) is 38.8 Å². The van der Waals surface area contributed by atoms with Gasteiger partial charge in [-0.25, -0.2) is 0 Å². The van der Waals surface area contributed by atoms with Crippen LogP contribution in [0.1, 0.15) is 43.4 Å². The van der Waals surface area contributed by atoms with Crippen LogP contribution in [0.3, 0.4) is 0 Å². The van der Waals surface area contributed by atoms with Gasteiger partial charge in [0.15, 0.2) is 0 Å². The van der Waals surface area contributed by atoms with E-state index in [2.05, 4.69) is 156 Å². The van der Waals surface area contributed by atoms with Gasteiger partial charge in [-0.2, -0.15) is 0 Å². The molecule has 3 aliphatic rings. The first-order valence-electron chi connectivity index (χ1n) is 16.5. The van der Waals surface area contributed by atoms with Crippen LogP contribution in [-0.2, 0) is 29.2 Å². The molecule has 0 amide bonds. The molecule has 3 aromatic rings. The van der Waals surface area contributed by atoms with Gasteiger partial charge in [-0.3, -0.25) is 0 Å². The normalized spacial score (nSPS) is 19.2. The second kappa shape index (κ2) is 12.0. The SMILES string of the molecule is CCc1cc([Si](C)(C)C)c2c(c1)=[C]([Zr]=[C](c1ccccc1)c1ccccc1)C1=C(C3=CC=CC3)C(CC)([Si](C)(C)C)C=CC=21. The zero-order valence-corrected chi connectivity index (χ0v) is 32.4. The molecule has 0 fully saturated rings. The van der Waals surface area contributed by atoms with Gasteiger partial charge in [-0.05, 0) is 0 Å². The van der Waals surface area contributed by atoms with Gasteiger partial charge in [0.05, 0.1) is 0 Å². The van der Waals surface area contributed by atoms with Crippen LogP contribution in [0.4, 0.5) is 0 Å². The molecular weight excluding hydrogens is 640 g/mol. The molecule has 0 nitrogen and oxygen atoms in total. The molecule has 0 spiro atoms. The fourth-order valence-electron chi connectivity index (χ4n) is 7.64. The van der Waals surface area contributed by atoms with Crippen molar-refractivity contribution in [3.63, 3.8) is 0 Å². The quantitative estimate of drug-likeness (QED) is 0.208. The monoisotopic (exact) mass is 685 g/mol. The van der Waals surface area contributed by atoms with Crippen LogP contribution >= 0.6 is 0 Å². The molecule has 0 saturated heterocycles. The average molecular weight is 687 g/mol. The first-order valence-corrected chi connectivity index (χ1v) is 25.9. The van der Waals surface area contributed by atoms with E-state index >= 15 is 0 Å². The van der Waals surface area contributed by atoms with Crippen molar-refractivity contribution in [2.45, 2.75) is 77.4 Å². The molecule has 0 aliphatic heterocycles. The van der Waals surface area contributed by atoms with Crippen molar-refractivity contribution in [3.05, 3.63) is 147 Å². The minimum absolute atomic E-state index is 0.114. The Bertz CT molecular complexity index is 1850. The maximum atomic E-state index is 2.69. The fraction of sp³-hybridized carbons (Fsp3) is 0.293. The van der Waals surface area contributed by atoms with Gasteiger partial charge >= 0.3 is 281 Å². The second-order valence-electron chi connectivity index (χ2n) is 14.7. The van der Waals surface area contributed by atoms with Crippen LogP contribution in [-0.4, -0.2) is 19.4 Å². The van der Waals surface area contributed by atoms with Crippen LogP contribution < -0.4 is 15.6 Å². The van der Waals surface area contributed by atoms with Gasteiger partial charge in [0, 0.05) is 0 Å². The number of hydrogen-bond acceptors (Lipinski definition) is 0. The standard InChI is InChI=1S/C28H37Si2.C13H10.Zr/c1-9-20-17-22-19-24-23(26(22)25(18-20)29(3,4)5)15-16-28(10-2,30(6,7)8)27(24)21-13-11-12-14-21;1-3-7-12(8-4-1)11-13-9-5-2-6-10-13;/h11-13,15-18H,9-10,14H2,1-8H3;1-10H;. The van der Waals surface area contributed by atoms with Crippen molar-refractivity contribution in [1.82, 2.24) is 0 Å². The van der Waals surface area contributed by atoms with Crippen molar-refractivity contribution in [2.75, 3.05) is 0 Å². The number of aryl methyl sites for hydroxylation is 1. The number of hydrogen-bond donors (Lipinski definition) is 0. The summed E-state index contributed by atoms with van der Waals surface area (Å²) >= 11 is -1.32. The topological polar surface area (TPSA) is 0 Å². The van der Waals surface area contributed by atoms with Crippen LogP contribution in [0.25, 0.3) is 8.85 Å². The van der Waals surface area contributed by atoms with E-state index in [0.717, 1.165) is 19.3 Å².